The summed E-state index contributed by atoms with van der Waals surface area (Å²) in [5.41, 5.74) is 3.59. The summed E-state index contributed by atoms with van der Waals surface area (Å²) in [7, 11) is 0. The summed E-state index contributed by atoms with van der Waals surface area (Å²) in [6.07, 6.45) is 4.92. The number of carbonyl (C=O) groups excluding carboxylic acids is 1. The summed E-state index contributed by atoms with van der Waals surface area (Å²) >= 11 is 12.3. The van der Waals surface area contributed by atoms with E-state index in [0.29, 0.717) is 5.69 Å². The molecule has 1 aromatic carbocycles. The molecule has 0 aliphatic heterocycles. The van der Waals surface area contributed by atoms with Crippen molar-refractivity contribution in [1.29, 1.82) is 0 Å². The first-order valence-electron chi connectivity index (χ1n) is 8.76. The van der Waals surface area contributed by atoms with Gasteiger partial charge in [0.15, 0.2) is 0 Å². The van der Waals surface area contributed by atoms with Crippen LogP contribution in [0.2, 0.25) is 10.2 Å². The first-order chi connectivity index (χ1) is 13.5. The van der Waals surface area contributed by atoms with Crippen LogP contribution in [0.1, 0.15) is 44.8 Å². The van der Waals surface area contributed by atoms with Crippen molar-refractivity contribution in [2.45, 2.75) is 25.7 Å². The molecule has 3 aromatic rings. The molecule has 0 fully saturated rings. The number of hydrogen-bond donors (Lipinski definition) is 1. The molecule has 0 spiro atoms. The summed E-state index contributed by atoms with van der Waals surface area (Å²) in [5, 5.41) is 13.9. The van der Waals surface area contributed by atoms with E-state index in [-0.39, 0.29) is 21.3 Å². The number of aromatic nitrogens is 3. The Balaban J connectivity index is 1.84. The van der Waals surface area contributed by atoms with E-state index in [0.717, 1.165) is 42.5 Å². The fraction of sp³-hybridized carbons (Fsp3) is 0.200. The smallest absolute Gasteiger partial charge is 0.335 e. The average Bonchev–Trinajstić information content (AvgIpc) is 3.07. The van der Waals surface area contributed by atoms with E-state index < -0.39 is 11.9 Å². The van der Waals surface area contributed by atoms with E-state index in [2.05, 4.69) is 10.1 Å². The largest absolute Gasteiger partial charge is 0.478 e. The zero-order valence-corrected chi connectivity index (χ0v) is 16.2. The highest BCUT2D eigenvalue weighted by atomic mass is 35.5. The van der Waals surface area contributed by atoms with Gasteiger partial charge in [-0.25, -0.2) is 9.78 Å². The lowest BCUT2D eigenvalue weighted by Crippen LogP contribution is -2.19. The molecule has 0 amide bonds. The van der Waals surface area contributed by atoms with Gasteiger partial charge in [-0.2, -0.15) is 9.78 Å². The Morgan fingerprint density at radius 2 is 1.75 bits per heavy atom. The number of carbonyl (C=O) groups is 2. The van der Waals surface area contributed by atoms with Crippen LogP contribution in [0.5, 0.6) is 0 Å². The third-order valence-electron chi connectivity index (χ3n) is 4.85. The van der Waals surface area contributed by atoms with Gasteiger partial charge in [-0.3, -0.25) is 4.79 Å². The van der Waals surface area contributed by atoms with E-state index in [9.17, 15) is 9.59 Å². The number of halogens is 2. The number of benzene rings is 1. The quantitative estimate of drug-likeness (QED) is 0.635. The van der Waals surface area contributed by atoms with Crippen molar-refractivity contribution in [3.63, 3.8) is 0 Å². The van der Waals surface area contributed by atoms with Crippen LogP contribution < -0.4 is 0 Å². The summed E-state index contributed by atoms with van der Waals surface area (Å²) in [5.74, 6) is -1.41. The van der Waals surface area contributed by atoms with Crippen LogP contribution >= 0.6 is 23.2 Å². The number of carboxylic acid groups (broad SMARTS) is 1. The Hall–Kier alpha value is -2.70. The van der Waals surface area contributed by atoms with Crippen molar-refractivity contribution < 1.29 is 14.7 Å². The topological polar surface area (TPSA) is 85.1 Å². The molecule has 142 valence electrons. The van der Waals surface area contributed by atoms with Crippen LogP contribution in [0.15, 0.2) is 36.5 Å². The Bertz CT molecular complexity index is 1070. The van der Waals surface area contributed by atoms with E-state index in [1.807, 2.05) is 0 Å². The van der Waals surface area contributed by atoms with Gasteiger partial charge < -0.3 is 5.11 Å². The summed E-state index contributed by atoms with van der Waals surface area (Å²) in [4.78, 5) is 28.2. The summed E-state index contributed by atoms with van der Waals surface area (Å²) in [6.45, 7) is 0. The fourth-order valence-corrected chi connectivity index (χ4v) is 3.99. The third-order valence-corrected chi connectivity index (χ3v) is 5.45. The number of pyridine rings is 1. The Morgan fingerprint density at radius 3 is 2.43 bits per heavy atom. The van der Waals surface area contributed by atoms with Crippen molar-refractivity contribution in [2.75, 3.05) is 0 Å². The van der Waals surface area contributed by atoms with E-state index in [1.54, 1.807) is 12.1 Å². The Labute approximate surface area is 170 Å². The van der Waals surface area contributed by atoms with Gasteiger partial charge in [0.1, 0.15) is 5.15 Å². The highest BCUT2D eigenvalue weighted by Crippen LogP contribution is 2.33. The Morgan fingerprint density at radius 1 is 1.04 bits per heavy atom. The van der Waals surface area contributed by atoms with Gasteiger partial charge in [0, 0.05) is 17.3 Å². The van der Waals surface area contributed by atoms with Gasteiger partial charge in [0.25, 0.3) is 5.91 Å². The van der Waals surface area contributed by atoms with Crippen LogP contribution in [-0.4, -0.2) is 31.7 Å². The summed E-state index contributed by atoms with van der Waals surface area (Å²) < 4.78 is 1.36. The molecule has 0 radical (unpaired) electrons. The maximum absolute atomic E-state index is 13.2. The van der Waals surface area contributed by atoms with Crippen molar-refractivity contribution in [1.82, 2.24) is 14.8 Å². The van der Waals surface area contributed by atoms with Crippen molar-refractivity contribution >= 4 is 35.1 Å². The van der Waals surface area contributed by atoms with E-state index in [1.165, 1.54) is 29.1 Å². The zero-order valence-electron chi connectivity index (χ0n) is 14.7. The second-order valence-corrected chi connectivity index (χ2v) is 7.30. The van der Waals surface area contributed by atoms with Gasteiger partial charge in [0.05, 0.1) is 27.5 Å². The third kappa shape index (κ3) is 3.19. The van der Waals surface area contributed by atoms with Gasteiger partial charge in [0.2, 0.25) is 0 Å². The van der Waals surface area contributed by atoms with Crippen molar-refractivity contribution in [3.05, 3.63) is 69.1 Å². The fourth-order valence-electron chi connectivity index (χ4n) is 3.48. The lowest BCUT2D eigenvalue weighted by atomic mass is 9.93. The van der Waals surface area contributed by atoms with Crippen LogP contribution in [0.3, 0.4) is 0 Å². The highest BCUT2D eigenvalue weighted by Gasteiger charge is 2.27. The Kier molecular flexibility index (Phi) is 4.91. The summed E-state index contributed by atoms with van der Waals surface area (Å²) in [6, 6.07) is 7.99. The van der Waals surface area contributed by atoms with Crippen LogP contribution in [0.4, 0.5) is 0 Å². The number of hydrogen-bond acceptors (Lipinski definition) is 4. The number of fused-ring (bicyclic) bond motifs is 1. The monoisotopic (exact) mass is 415 g/mol. The van der Waals surface area contributed by atoms with E-state index >= 15 is 0 Å². The predicted molar refractivity (Wildman–Crippen MR) is 105 cm³/mol. The average molecular weight is 416 g/mol. The second-order valence-electron chi connectivity index (χ2n) is 6.54. The van der Waals surface area contributed by atoms with Gasteiger partial charge in [-0.15, -0.1) is 0 Å². The first kappa shape index (κ1) is 18.7. The lowest BCUT2D eigenvalue weighted by molar-refractivity contribution is 0.0696. The molecule has 2 aromatic heterocycles. The molecule has 2 heterocycles. The maximum atomic E-state index is 13.2. The molecule has 0 bridgehead atoms. The standard InChI is InChI=1S/C20H15Cl2N3O3/c21-14-9-10-23-18(22)16(14)19(26)25-15-4-2-1-3-13(15)17(24-25)11-5-7-12(8-6-11)20(27)28/h5-10H,1-4H2,(H,27,28). The molecule has 8 heteroatoms. The molecule has 1 N–H and O–H groups in total. The second kappa shape index (κ2) is 7.37. The molecule has 1 aliphatic carbocycles. The lowest BCUT2D eigenvalue weighted by Gasteiger charge is -2.14. The number of aromatic carboxylic acids is 1. The molecule has 6 nitrogen and oxygen atoms in total. The van der Waals surface area contributed by atoms with Gasteiger partial charge in [-0.1, -0.05) is 35.3 Å². The molecule has 1 aliphatic rings. The van der Waals surface area contributed by atoms with Crippen molar-refractivity contribution in [2.24, 2.45) is 0 Å². The van der Waals surface area contributed by atoms with Gasteiger partial charge >= 0.3 is 5.97 Å². The van der Waals surface area contributed by atoms with Crippen LogP contribution in [-0.2, 0) is 12.8 Å². The minimum absolute atomic E-state index is 0.0323. The number of rotatable bonds is 3. The SMILES string of the molecule is O=C(O)c1ccc(-c2nn(C(=O)c3c(Cl)ccnc3Cl)c3c2CCCC3)cc1. The molecule has 0 unspecified atom stereocenters. The highest BCUT2D eigenvalue weighted by molar-refractivity contribution is 6.39. The molecule has 4 rings (SSSR count). The van der Waals surface area contributed by atoms with Crippen LogP contribution in [0.25, 0.3) is 11.3 Å². The van der Waals surface area contributed by atoms with Crippen molar-refractivity contribution in [3.8, 4) is 11.3 Å². The number of carboxylic acids is 1. The first-order valence-corrected chi connectivity index (χ1v) is 9.52. The zero-order chi connectivity index (χ0) is 19.8. The predicted octanol–water partition coefficient (Wildman–Crippen LogP) is 4.52. The molecule has 0 saturated carbocycles. The number of nitrogens with zero attached hydrogens (tertiary/aromatic N) is 3. The molecular weight excluding hydrogens is 401 g/mol. The maximum Gasteiger partial charge on any atom is 0.335 e. The minimum Gasteiger partial charge on any atom is -0.478 e. The van der Waals surface area contributed by atoms with Crippen LogP contribution in [0, 0.1) is 0 Å². The molecule has 0 saturated heterocycles. The van der Waals surface area contributed by atoms with E-state index in [4.69, 9.17) is 28.3 Å². The minimum atomic E-state index is -0.991. The van der Waals surface area contributed by atoms with Gasteiger partial charge in [-0.05, 0) is 43.9 Å². The molecular formula is C20H15Cl2N3O3. The molecule has 0 atom stereocenters. The normalized spacial score (nSPS) is 13.2. The molecule has 28 heavy (non-hydrogen) atoms.